The van der Waals surface area contributed by atoms with Crippen LogP contribution in [0.4, 0.5) is 4.39 Å². The summed E-state index contributed by atoms with van der Waals surface area (Å²) in [4.78, 5) is 24.2. The van der Waals surface area contributed by atoms with Crippen molar-refractivity contribution in [2.24, 2.45) is 0 Å². The number of fused-ring (bicyclic) bond motifs is 1. The summed E-state index contributed by atoms with van der Waals surface area (Å²) in [6, 6.07) is 12.7. The van der Waals surface area contributed by atoms with E-state index in [1.165, 1.54) is 6.07 Å². The Morgan fingerprint density at radius 2 is 2.03 bits per heavy atom. The standard InChI is InChI=1S/C29H32FN5O2/c1-19-9-12-32-26(15-19)29(18-31)10-13-35(14-11-29)17-20-16-24(33-27-21(20)5-4-6-22(27)30)28(37)34-23-7-2-3-8-25(23)36/h4-6,9,12,15-16,23,25,36H,2-3,7-8,10-11,13-14,17H2,1H3,(H,34,37). The highest BCUT2D eigenvalue weighted by Crippen LogP contribution is 2.35. The van der Waals surface area contributed by atoms with Gasteiger partial charge in [-0.1, -0.05) is 25.0 Å². The number of aliphatic hydroxyl groups is 1. The van der Waals surface area contributed by atoms with Crippen LogP contribution in [-0.4, -0.2) is 51.1 Å². The Hall–Kier alpha value is -3.41. The van der Waals surface area contributed by atoms with Crippen LogP contribution in [0.3, 0.4) is 0 Å². The SMILES string of the molecule is Cc1ccnc(C2(C#N)CCN(Cc3cc(C(=O)NC4CCCCC4O)nc4c(F)cccc34)CC2)c1. The highest BCUT2D eigenvalue weighted by molar-refractivity contribution is 5.96. The van der Waals surface area contributed by atoms with E-state index in [0.717, 1.165) is 29.7 Å². The number of carbonyl (C=O) groups excluding carboxylic acids is 1. The van der Waals surface area contributed by atoms with E-state index in [1.807, 2.05) is 25.1 Å². The molecule has 37 heavy (non-hydrogen) atoms. The van der Waals surface area contributed by atoms with Crippen LogP contribution in [-0.2, 0) is 12.0 Å². The molecule has 1 aliphatic carbocycles. The number of carbonyl (C=O) groups is 1. The van der Waals surface area contributed by atoms with Crippen molar-refractivity contribution in [3.63, 3.8) is 0 Å². The van der Waals surface area contributed by atoms with Crippen molar-refractivity contribution in [1.29, 1.82) is 5.26 Å². The number of amides is 1. The molecule has 2 N–H and O–H groups in total. The first kappa shape index (κ1) is 25.2. The van der Waals surface area contributed by atoms with E-state index in [9.17, 15) is 19.6 Å². The third-order valence-corrected chi connectivity index (χ3v) is 7.88. The molecule has 5 rings (SSSR count). The van der Waals surface area contributed by atoms with Gasteiger partial charge in [0.15, 0.2) is 0 Å². The number of rotatable bonds is 5. The zero-order valence-electron chi connectivity index (χ0n) is 21.1. The van der Waals surface area contributed by atoms with E-state index in [4.69, 9.17) is 0 Å². The fourth-order valence-corrected chi connectivity index (χ4v) is 5.61. The fourth-order valence-electron chi connectivity index (χ4n) is 5.61. The predicted octanol–water partition coefficient (Wildman–Crippen LogP) is 4.17. The van der Waals surface area contributed by atoms with Crippen molar-refractivity contribution >= 4 is 16.8 Å². The van der Waals surface area contributed by atoms with Gasteiger partial charge in [-0.2, -0.15) is 5.26 Å². The molecule has 2 aromatic heterocycles. The summed E-state index contributed by atoms with van der Waals surface area (Å²) in [6.07, 6.45) is 5.73. The number of hydrogen-bond acceptors (Lipinski definition) is 6. The monoisotopic (exact) mass is 501 g/mol. The van der Waals surface area contributed by atoms with Gasteiger partial charge in [-0.25, -0.2) is 9.37 Å². The highest BCUT2D eigenvalue weighted by atomic mass is 19.1. The minimum atomic E-state index is -0.624. The molecule has 1 saturated heterocycles. The van der Waals surface area contributed by atoms with Crippen LogP contribution in [0.2, 0.25) is 0 Å². The Morgan fingerprint density at radius 3 is 2.76 bits per heavy atom. The molecule has 3 aromatic rings. The lowest BCUT2D eigenvalue weighted by Gasteiger charge is -2.37. The van der Waals surface area contributed by atoms with Crippen LogP contribution in [0.15, 0.2) is 42.6 Å². The molecule has 2 fully saturated rings. The number of nitrogens with zero attached hydrogens (tertiary/aromatic N) is 4. The van der Waals surface area contributed by atoms with Gasteiger partial charge in [0.25, 0.3) is 5.91 Å². The number of aliphatic hydroxyl groups excluding tert-OH is 1. The highest BCUT2D eigenvalue weighted by Gasteiger charge is 2.38. The van der Waals surface area contributed by atoms with Gasteiger partial charge in [0, 0.05) is 31.2 Å². The zero-order chi connectivity index (χ0) is 26.0. The van der Waals surface area contributed by atoms with Crippen LogP contribution in [0.5, 0.6) is 0 Å². The molecular weight excluding hydrogens is 469 g/mol. The van der Waals surface area contributed by atoms with Crippen molar-refractivity contribution in [3.8, 4) is 6.07 Å². The van der Waals surface area contributed by atoms with Crippen LogP contribution >= 0.6 is 0 Å². The first-order valence-corrected chi connectivity index (χ1v) is 13.0. The molecule has 1 saturated carbocycles. The molecule has 0 bridgehead atoms. The Labute approximate surface area is 216 Å². The van der Waals surface area contributed by atoms with Crippen LogP contribution < -0.4 is 5.32 Å². The maximum absolute atomic E-state index is 14.8. The summed E-state index contributed by atoms with van der Waals surface area (Å²) in [5, 5.41) is 23.9. The molecule has 0 radical (unpaired) electrons. The number of benzene rings is 1. The summed E-state index contributed by atoms with van der Waals surface area (Å²) in [5.74, 6) is -0.871. The van der Waals surface area contributed by atoms with Crippen LogP contribution in [0.25, 0.3) is 10.9 Å². The van der Waals surface area contributed by atoms with Crippen molar-refractivity contribution in [3.05, 3.63) is 70.9 Å². The summed E-state index contributed by atoms with van der Waals surface area (Å²) >= 11 is 0. The number of nitriles is 1. The van der Waals surface area contributed by atoms with Crippen molar-refractivity contribution < 1.29 is 14.3 Å². The number of para-hydroxylation sites is 1. The third kappa shape index (κ3) is 5.20. The largest absolute Gasteiger partial charge is 0.391 e. The van der Waals surface area contributed by atoms with Crippen molar-refractivity contribution in [2.75, 3.05) is 13.1 Å². The molecule has 7 nitrogen and oxygen atoms in total. The number of aromatic nitrogens is 2. The minimum absolute atomic E-state index is 0.151. The summed E-state index contributed by atoms with van der Waals surface area (Å²) in [5.41, 5.74) is 2.41. The molecule has 192 valence electrons. The Balaban J connectivity index is 1.38. The van der Waals surface area contributed by atoms with Crippen LogP contribution in [0, 0.1) is 24.1 Å². The number of halogens is 1. The van der Waals surface area contributed by atoms with E-state index in [-0.39, 0.29) is 17.3 Å². The minimum Gasteiger partial charge on any atom is -0.391 e. The number of aryl methyl sites for hydroxylation is 1. The lowest BCUT2D eigenvalue weighted by Crippen LogP contribution is -2.45. The van der Waals surface area contributed by atoms with E-state index in [2.05, 4.69) is 26.3 Å². The Morgan fingerprint density at radius 1 is 1.24 bits per heavy atom. The van der Waals surface area contributed by atoms with E-state index in [1.54, 1.807) is 18.3 Å². The summed E-state index contributed by atoms with van der Waals surface area (Å²) < 4.78 is 14.8. The van der Waals surface area contributed by atoms with Gasteiger partial charge in [-0.05, 0) is 68.0 Å². The first-order valence-electron chi connectivity index (χ1n) is 13.0. The number of pyridine rings is 2. The lowest BCUT2D eigenvalue weighted by atomic mass is 9.76. The average Bonchev–Trinajstić information content (AvgIpc) is 2.91. The van der Waals surface area contributed by atoms with Crippen molar-refractivity contribution in [2.45, 2.75) is 69.6 Å². The molecule has 0 spiro atoms. The molecule has 1 amide bonds. The van der Waals surface area contributed by atoms with Gasteiger partial charge in [0.2, 0.25) is 0 Å². The normalized spacial score (nSPS) is 21.9. The zero-order valence-corrected chi connectivity index (χ0v) is 21.1. The Bertz CT molecular complexity index is 1350. The van der Waals surface area contributed by atoms with Gasteiger partial charge in [0.1, 0.15) is 22.4 Å². The van der Waals surface area contributed by atoms with Crippen LogP contribution in [0.1, 0.15) is 65.8 Å². The first-order chi connectivity index (χ1) is 17.9. The van der Waals surface area contributed by atoms with Crippen molar-refractivity contribution in [1.82, 2.24) is 20.2 Å². The maximum atomic E-state index is 14.8. The maximum Gasteiger partial charge on any atom is 0.270 e. The summed E-state index contributed by atoms with van der Waals surface area (Å²) in [6.45, 7) is 3.87. The number of nitrogens with one attached hydrogen (secondary N) is 1. The molecule has 2 unspecified atom stereocenters. The molecule has 2 aliphatic rings. The second-order valence-electron chi connectivity index (χ2n) is 10.4. The van der Waals surface area contributed by atoms with Gasteiger partial charge in [-0.3, -0.25) is 14.7 Å². The summed E-state index contributed by atoms with van der Waals surface area (Å²) in [7, 11) is 0. The van der Waals surface area contributed by atoms with Gasteiger partial charge in [0.05, 0.1) is 23.9 Å². The quantitative estimate of drug-likeness (QED) is 0.544. The number of piperidine rings is 1. The smallest absolute Gasteiger partial charge is 0.270 e. The average molecular weight is 502 g/mol. The lowest BCUT2D eigenvalue weighted by molar-refractivity contribution is 0.0714. The third-order valence-electron chi connectivity index (χ3n) is 7.88. The molecule has 1 aliphatic heterocycles. The molecular formula is C29H32FN5O2. The van der Waals surface area contributed by atoms with Gasteiger partial charge < -0.3 is 10.4 Å². The second kappa shape index (κ2) is 10.5. The number of likely N-dealkylation sites (tertiary alicyclic amines) is 1. The molecule has 8 heteroatoms. The molecule has 1 aromatic carbocycles. The van der Waals surface area contributed by atoms with E-state index in [0.29, 0.717) is 50.7 Å². The van der Waals surface area contributed by atoms with Gasteiger partial charge >= 0.3 is 0 Å². The van der Waals surface area contributed by atoms with Gasteiger partial charge in [-0.15, -0.1) is 0 Å². The molecule has 2 atom stereocenters. The second-order valence-corrected chi connectivity index (χ2v) is 10.4. The predicted molar refractivity (Wildman–Crippen MR) is 138 cm³/mol. The van der Waals surface area contributed by atoms with E-state index < -0.39 is 23.2 Å². The molecule has 3 heterocycles. The Kier molecular flexibility index (Phi) is 7.18. The number of hydrogen-bond donors (Lipinski definition) is 2. The topological polar surface area (TPSA) is 102 Å². The fraction of sp³-hybridized carbons (Fsp3) is 0.448. The van der Waals surface area contributed by atoms with E-state index >= 15 is 0 Å².